The Balaban J connectivity index is 1.66. The molecule has 2 aromatic heterocycles. The first-order chi connectivity index (χ1) is 16.0. The van der Waals surface area contributed by atoms with Crippen molar-refractivity contribution in [2.24, 2.45) is 7.05 Å². The minimum absolute atomic E-state index is 0.0288. The normalized spacial score (nSPS) is 19.4. The van der Waals surface area contributed by atoms with Crippen LogP contribution in [0, 0.1) is 0 Å². The maximum Gasteiger partial charge on any atom is 0.387 e. The molecule has 2 saturated heterocycles. The molecule has 2 aliphatic rings. The van der Waals surface area contributed by atoms with Gasteiger partial charge in [0.25, 0.3) is 5.56 Å². The Kier molecular flexibility index (Phi) is 5.98. The van der Waals surface area contributed by atoms with E-state index in [0.29, 0.717) is 55.4 Å². The number of hydrogen-bond acceptors (Lipinski definition) is 7. The van der Waals surface area contributed by atoms with Crippen LogP contribution >= 0.6 is 0 Å². The van der Waals surface area contributed by atoms with Gasteiger partial charge in [0.1, 0.15) is 22.8 Å². The van der Waals surface area contributed by atoms with Gasteiger partial charge in [0.15, 0.2) is 6.23 Å². The molecule has 0 amide bonds. The number of halogens is 2. The minimum atomic E-state index is -2.94. The molecular formula is C22H25F2N5O4. The lowest BCUT2D eigenvalue weighted by molar-refractivity contribution is -0.0498. The van der Waals surface area contributed by atoms with Crippen LogP contribution < -0.4 is 15.2 Å². The molecule has 0 aliphatic carbocycles. The van der Waals surface area contributed by atoms with E-state index >= 15 is 0 Å². The highest BCUT2D eigenvalue weighted by Crippen LogP contribution is 2.35. The molecule has 2 fully saturated rings. The number of aryl methyl sites for hydroxylation is 1. The largest absolute Gasteiger partial charge is 0.435 e. The average molecular weight is 461 g/mol. The van der Waals surface area contributed by atoms with E-state index in [-0.39, 0.29) is 17.5 Å². The third-order valence-electron chi connectivity index (χ3n) is 5.97. The van der Waals surface area contributed by atoms with Crippen LogP contribution in [0.4, 0.5) is 14.5 Å². The average Bonchev–Trinajstić information content (AvgIpc) is 3.20. The zero-order valence-electron chi connectivity index (χ0n) is 18.2. The lowest BCUT2D eigenvalue weighted by atomic mass is 10.1. The number of aromatic nitrogens is 4. The van der Waals surface area contributed by atoms with Crippen LogP contribution in [0.2, 0.25) is 0 Å². The summed E-state index contributed by atoms with van der Waals surface area (Å²) < 4.78 is 44.8. The molecule has 1 aromatic carbocycles. The number of alkyl halides is 2. The second-order valence-corrected chi connectivity index (χ2v) is 8.11. The second kappa shape index (κ2) is 9.06. The van der Waals surface area contributed by atoms with Crippen LogP contribution in [0.25, 0.3) is 22.3 Å². The van der Waals surface area contributed by atoms with E-state index in [2.05, 4.69) is 9.84 Å². The molecule has 0 radical (unpaired) electrons. The standard InChI is InChI=1S/C22H25F2N5O4/c1-27-21(30)18(28-7-10-31-11-8-28)13-16(25-27)20-15-12-14(33-22(23)24)5-6-17(15)29(26-20)19-4-2-3-9-32-19/h5-6,12-13,19,22H,2-4,7-11H2,1H3. The van der Waals surface area contributed by atoms with Crippen molar-refractivity contribution in [1.29, 1.82) is 0 Å². The lowest BCUT2D eigenvalue weighted by Crippen LogP contribution is -2.40. The number of fused-ring (bicyclic) bond motifs is 1. The molecule has 0 saturated carbocycles. The van der Waals surface area contributed by atoms with Crippen molar-refractivity contribution in [3.05, 3.63) is 34.6 Å². The van der Waals surface area contributed by atoms with Crippen LogP contribution in [-0.2, 0) is 16.5 Å². The van der Waals surface area contributed by atoms with Gasteiger partial charge in [0.05, 0.1) is 18.7 Å². The van der Waals surface area contributed by atoms with Crippen molar-refractivity contribution in [3.63, 3.8) is 0 Å². The van der Waals surface area contributed by atoms with Gasteiger partial charge in [-0.15, -0.1) is 0 Å². The van der Waals surface area contributed by atoms with Crippen molar-refractivity contribution in [2.75, 3.05) is 37.8 Å². The van der Waals surface area contributed by atoms with Crippen LogP contribution in [0.3, 0.4) is 0 Å². The molecule has 33 heavy (non-hydrogen) atoms. The molecular weight excluding hydrogens is 436 g/mol. The van der Waals surface area contributed by atoms with Gasteiger partial charge in [-0.25, -0.2) is 9.36 Å². The summed E-state index contributed by atoms with van der Waals surface area (Å²) in [5.41, 5.74) is 1.95. The Morgan fingerprint density at radius 2 is 1.94 bits per heavy atom. The molecule has 2 aliphatic heterocycles. The molecule has 1 atom stereocenters. The van der Waals surface area contributed by atoms with E-state index in [0.717, 1.165) is 24.8 Å². The highest BCUT2D eigenvalue weighted by Gasteiger charge is 2.25. The number of anilines is 1. The highest BCUT2D eigenvalue weighted by atomic mass is 19.3. The lowest BCUT2D eigenvalue weighted by Gasteiger charge is -2.28. The summed E-state index contributed by atoms with van der Waals surface area (Å²) in [4.78, 5) is 14.8. The van der Waals surface area contributed by atoms with E-state index in [1.807, 2.05) is 4.90 Å². The van der Waals surface area contributed by atoms with Crippen LogP contribution in [0.5, 0.6) is 5.75 Å². The smallest absolute Gasteiger partial charge is 0.387 e. The van der Waals surface area contributed by atoms with Crippen molar-refractivity contribution < 1.29 is 23.0 Å². The fraction of sp³-hybridized carbons (Fsp3) is 0.500. The number of rotatable bonds is 5. The molecule has 11 heteroatoms. The van der Waals surface area contributed by atoms with Gasteiger partial charge in [-0.05, 0) is 43.5 Å². The molecule has 0 bridgehead atoms. The van der Waals surface area contributed by atoms with Gasteiger partial charge >= 0.3 is 6.61 Å². The Morgan fingerprint density at radius 1 is 1.12 bits per heavy atom. The van der Waals surface area contributed by atoms with Gasteiger partial charge in [0, 0.05) is 32.1 Å². The SMILES string of the molecule is Cn1nc(-c2nn(C3CCCCO3)c3ccc(OC(F)F)cc23)cc(N2CCOCC2)c1=O. The fourth-order valence-electron chi connectivity index (χ4n) is 4.36. The van der Waals surface area contributed by atoms with Gasteiger partial charge in [-0.3, -0.25) is 4.79 Å². The van der Waals surface area contributed by atoms with Crippen molar-refractivity contribution >= 4 is 16.6 Å². The molecule has 1 unspecified atom stereocenters. The summed E-state index contributed by atoms with van der Waals surface area (Å²) >= 11 is 0. The topological polar surface area (TPSA) is 83.6 Å². The van der Waals surface area contributed by atoms with Crippen LogP contribution in [0.15, 0.2) is 29.1 Å². The van der Waals surface area contributed by atoms with E-state index in [1.165, 1.54) is 16.8 Å². The number of morpholine rings is 1. The monoisotopic (exact) mass is 461 g/mol. The molecule has 9 nitrogen and oxygen atoms in total. The summed E-state index contributed by atoms with van der Waals surface area (Å²) in [6.07, 6.45) is 2.53. The highest BCUT2D eigenvalue weighted by molar-refractivity contribution is 5.93. The molecule has 3 aromatic rings. The quantitative estimate of drug-likeness (QED) is 0.578. The first-order valence-electron chi connectivity index (χ1n) is 11.0. The molecule has 0 spiro atoms. The predicted molar refractivity (Wildman–Crippen MR) is 117 cm³/mol. The molecule has 5 rings (SSSR count). The van der Waals surface area contributed by atoms with Gasteiger partial charge in [-0.1, -0.05) is 0 Å². The van der Waals surface area contributed by atoms with E-state index < -0.39 is 6.61 Å². The fourth-order valence-corrected chi connectivity index (χ4v) is 4.36. The summed E-state index contributed by atoms with van der Waals surface area (Å²) in [6, 6.07) is 6.44. The summed E-state index contributed by atoms with van der Waals surface area (Å²) in [7, 11) is 1.59. The number of benzene rings is 1. The molecule has 0 N–H and O–H groups in total. The minimum Gasteiger partial charge on any atom is -0.435 e. The Bertz CT molecular complexity index is 1200. The third-order valence-corrected chi connectivity index (χ3v) is 5.97. The second-order valence-electron chi connectivity index (χ2n) is 8.11. The Labute approximate surface area is 188 Å². The van der Waals surface area contributed by atoms with E-state index in [4.69, 9.17) is 14.6 Å². The molecule has 4 heterocycles. The van der Waals surface area contributed by atoms with Crippen molar-refractivity contribution in [3.8, 4) is 17.1 Å². The van der Waals surface area contributed by atoms with E-state index in [9.17, 15) is 13.6 Å². The van der Waals surface area contributed by atoms with Crippen molar-refractivity contribution in [1.82, 2.24) is 19.6 Å². The van der Waals surface area contributed by atoms with E-state index in [1.54, 1.807) is 23.9 Å². The molecule has 176 valence electrons. The Hall–Kier alpha value is -3.05. The van der Waals surface area contributed by atoms with Gasteiger partial charge in [-0.2, -0.15) is 19.0 Å². The Morgan fingerprint density at radius 3 is 2.67 bits per heavy atom. The zero-order valence-corrected chi connectivity index (χ0v) is 18.2. The maximum atomic E-state index is 12.9. The first-order valence-corrected chi connectivity index (χ1v) is 11.0. The maximum absolute atomic E-state index is 12.9. The first kappa shape index (κ1) is 21.8. The van der Waals surface area contributed by atoms with Crippen LogP contribution in [0.1, 0.15) is 25.5 Å². The third kappa shape index (κ3) is 4.30. The predicted octanol–water partition coefficient (Wildman–Crippen LogP) is 2.93. The summed E-state index contributed by atoms with van der Waals surface area (Å²) in [6.45, 7) is -0.0528. The summed E-state index contributed by atoms with van der Waals surface area (Å²) in [5.74, 6) is 0.0288. The van der Waals surface area contributed by atoms with Gasteiger partial charge < -0.3 is 19.1 Å². The number of ether oxygens (including phenoxy) is 3. The van der Waals surface area contributed by atoms with Crippen molar-refractivity contribution in [2.45, 2.75) is 32.1 Å². The number of hydrogen-bond donors (Lipinski definition) is 0. The number of nitrogens with zero attached hydrogens (tertiary/aromatic N) is 5. The summed E-state index contributed by atoms with van der Waals surface area (Å²) in [5, 5.41) is 9.82. The van der Waals surface area contributed by atoms with Gasteiger partial charge in [0.2, 0.25) is 0 Å². The zero-order chi connectivity index (χ0) is 22.9. The van der Waals surface area contributed by atoms with Crippen LogP contribution in [-0.4, -0.2) is 59.1 Å².